The SMILES string of the molecule is CCCNC(Cn1nc(C)cc1C)C(=O)O. The second-order valence-corrected chi connectivity index (χ2v) is 3.95. The molecule has 16 heavy (non-hydrogen) atoms. The van der Waals surface area contributed by atoms with Crippen LogP contribution in [-0.2, 0) is 11.3 Å². The Morgan fingerprint density at radius 3 is 2.75 bits per heavy atom. The largest absolute Gasteiger partial charge is 0.480 e. The van der Waals surface area contributed by atoms with E-state index < -0.39 is 12.0 Å². The lowest BCUT2D eigenvalue weighted by molar-refractivity contribution is -0.139. The number of hydrogen-bond donors (Lipinski definition) is 2. The van der Waals surface area contributed by atoms with Crippen LogP contribution in [-0.4, -0.2) is 33.4 Å². The van der Waals surface area contributed by atoms with Crippen molar-refractivity contribution < 1.29 is 9.90 Å². The number of carboxylic acid groups (broad SMARTS) is 1. The number of aryl methyl sites for hydroxylation is 2. The van der Waals surface area contributed by atoms with Gasteiger partial charge < -0.3 is 10.4 Å². The Hall–Kier alpha value is -1.36. The van der Waals surface area contributed by atoms with E-state index in [9.17, 15) is 4.79 Å². The van der Waals surface area contributed by atoms with Gasteiger partial charge in [-0.15, -0.1) is 0 Å². The fourth-order valence-corrected chi connectivity index (χ4v) is 1.58. The van der Waals surface area contributed by atoms with E-state index in [0.29, 0.717) is 13.1 Å². The molecule has 1 aromatic heterocycles. The van der Waals surface area contributed by atoms with Gasteiger partial charge in [-0.2, -0.15) is 5.10 Å². The van der Waals surface area contributed by atoms with E-state index in [1.165, 1.54) is 0 Å². The molecule has 0 bridgehead atoms. The van der Waals surface area contributed by atoms with Crippen molar-refractivity contribution in [3.8, 4) is 0 Å². The molecule has 0 aromatic carbocycles. The van der Waals surface area contributed by atoms with Gasteiger partial charge in [0, 0.05) is 5.69 Å². The van der Waals surface area contributed by atoms with E-state index in [2.05, 4.69) is 10.4 Å². The monoisotopic (exact) mass is 225 g/mol. The first-order valence-electron chi connectivity index (χ1n) is 5.51. The van der Waals surface area contributed by atoms with Gasteiger partial charge in [0.05, 0.1) is 12.2 Å². The molecule has 90 valence electrons. The lowest BCUT2D eigenvalue weighted by Gasteiger charge is -2.14. The number of rotatable bonds is 6. The molecule has 1 heterocycles. The van der Waals surface area contributed by atoms with Crippen molar-refractivity contribution in [1.29, 1.82) is 0 Å². The van der Waals surface area contributed by atoms with Gasteiger partial charge in [0.2, 0.25) is 0 Å². The molecule has 0 aliphatic rings. The maximum absolute atomic E-state index is 11.0. The standard InChI is InChI=1S/C11H19N3O2/c1-4-5-12-10(11(15)16)7-14-9(3)6-8(2)13-14/h6,10,12H,4-5,7H2,1-3H3,(H,15,16). The summed E-state index contributed by atoms with van der Waals surface area (Å²) in [5.74, 6) is -0.832. The third-order valence-corrected chi connectivity index (χ3v) is 2.40. The normalized spacial score (nSPS) is 12.7. The van der Waals surface area contributed by atoms with Crippen molar-refractivity contribution in [1.82, 2.24) is 15.1 Å². The predicted molar refractivity (Wildman–Crippen MR) is 61.4 cm³/mol. The molecule has 5 nitrogen and oxygen atoms in total. The average Bonchev–Trinajstić information content (AvgIpc) is 2.51. The molecule has 1 atom stereocenters. The number of aromatic nitrogens is 2. The molecule has 0 aliphatic heterocycles. The van der Waals surface area contributed by atoms with Crippen LogP contribution in [0.3, 0.4) is 0 Å². The van der Waals surface area contributed by atoms with Crippen LogP contribution >= 0.6 is 0 Å². The molecule has 5 heteroatoms. The van der Waals surface area contributed by atoms with Crippen molar-refractivity contribution in [2.75, 3.05) is 6.54 Å². The number of aliphatic carboxylic acids is 1. The number of carboxylic acids is 1. The molecule has 2 N–H and O–H groups in total. The first kappa shape index (κ1) is 12.7. The summed E-state index contributed by atoms with van der Waals surface area (Å²) in [6.07, 6.45) is 0.918. The second kappa shape index (κ2) is 5.65. The summed E-state index contributed by atoms with van der Waals surface area (Å²) in [6.45, 7) is 6.91. The fourth-order valence-electron chi connectivity index (χ4n) is 1.58. The summed E-state index contributed by atoms with van der Waals surface area (Å²) >= 11 is 0. The maximum Gasteiger partial charge on any atom is 0.322 e. The van der Waals surface area contributed by atoms with Crippen LogP contribution in [0.25, 0.3) is 0 Å². The molecule has 1 aromatic rings. The maximum atomic E-state index is 11.0. The van der Waals surface area contributed by atoms with Crippen LogP contribution in [0.1, 0.15) is 24.7 Å². The first-order chi connectivity index (χ1) is 7.54. The van der Waals surface area contributed by atoms with Gasteiger partial charge in [0.25, 0.3) is 0 Å². The molecule has 0 amide bonds. The number of hydrogen-bond acceptors (Lipinski definition) is 3. The van der Waals surface area contributed by atoms with Gasteiger partial charge in [-0.1, -0.05) is 6.92 Å². The Labute approximate surface area is 95.5 Å². The highest BCUT2D eigenvalue weighted by Crippen LogP contribution is 2.03. The Morgan fingerprint density at radius 2 is 2.31 bits per heavy atom. The molecule has 0 spiro atoms. The van der Waals surface area contributed by atoms with Crippen LogP contribution in [0.2, 0.25) is 0 Å². The molecular weight excluding hydrogens is 206 g/mol. The van der Waals surface area contributed by atoms with Gasteiger partial charge >= 0.3 is 5.97 Å². The minimum atomic E-state index is -0.832. The van der Waals surface area contributed by atoms with E-state index in [-0.39, 0.29) is 0 Å². The highest BCUT2D eigenvalue weighted by molar-refractivity contribution is 5.73. The molecule has 0 saturated carbocycles. The van der Waals surface area contributed by atoms with E-state index in [1.54, 1.807) is 4.68 Å². The van der Waals surface area contributed by atoms with Gasteiger partial charge in [0.15, 0.2) is 0 Å². The third-order valence-electron chi connectivity index (χ3n) is 2.40. The summed E-state index contributed by atoms with van der Waals surface area (Å²) in [7, 11) is 0. The number of nitrogens with zero attached hydrogens (tertiary/aromatic N) is 2. The molecule has 0 aliphatic carbocycles. The summed E-state index contributed by atoms with van der Waals surface area (Å²) < 4.78 is 1.73. The average molecular weight is 225 g/mol. The van der Waals surface area contributed by atoms with Gasteiger partial charge in [-0.05, 0) is 32.9 Å². The fraction of sp³-hybridized carbons (Fsp3) is 0.636. The molecular formula is C11H19N3O2. The van der Waals surface area contributed by atoms with Crippen molar-refractivity contribution in [3.63, 3.8) is 0 Å². The summed E-state index contributed by atoms with van der Waals surface area (Å²) in [6, 6.07) is 1.37. The lowest BCUT2D eigenvalue weighted by Crippen LogP contribution is -2.41. The highest BCUT2D eigenvalue weighted by Gasteiger charge is 2.18. The van der Waals surface area contributed by atoms with E-state index in [0.717, 1.165) is 17.8 Å². The minimum Gasteiger partial charge on any atom is -0.480 e. The predicted octanol–water partition coefficient (Wildman–Crippen LogP) is 0.953. The van der Waals surface area contributed by atoms with Crippen LogP contribution in [0, 0.1) is 13.8 Å². The minimum absolute atomic E-state index is 0.370. The lowest BCUT2D eigenvalue weighted by atomic mass is 10.3. The van der Waals surface area contributed by atoms with Crippen molar-refractivity contribution in [3.05, 3.63) is 17.5 Å². The highest BCUT2D eigenvalue weighted by atomic mass is 16.4. The van der Waals surface area contributed by atoms with Crippen molar-refractivity contribution >= 4 is 5.97 Å². The van der Waals surface area contributed by atoms with Gasteiger partial charge in [0.1, 0.15) is 6.04 Å². The molecule has 0 radical (unpaired) electrons. The topological polar surface area (TPSA) is 67.2 Å². The van der Waals surface area contributed by atoms with Crippen LogP contribution in [0.15, 0.2) is 6.07 Å². The smallest absolute Gasteiger partial charge is 0.322 e. The Balaban J connectivity index is 2.67. The van der Waals surface area contributed by atoms with Crippen molar-refractivity contribution in [2.45, 2.75) is 39.8 Å². The zero-order chi connectivity index (χ0) is 12.1. The van der Waals surface area contributed by atoms with Crippen LogP contribution < -0.4 is 5.32 Å². The van der Waals surface area contributed by atoms with Crippen LogP contribution in [0.4, 0.5) is 0 Å². The van der Waals surface area contributed by atoms with Gasteiger partial charge in [-0.3, -0.25) is 9.48 Å². The van der Waals surface area contributed by atoms with E-state index >= 15 is 0 Å². The Bertz CT molecular complexity index is 360. The Kier molecular flexibility index (Phi) is 4.49. The second-order valence-electron chi connectivity index (χ2n) is 3.95. The molecule has 1 rings (SSSR count). The number of nitrogens with one attached hydrogen (secondary N) is 1. The van der Waals surface area contributed by atoms with Crippen molar-refractivity contribution in [2.24, 2.45) is 0 Å². The van der Waals surface area contributed by atoms with E-state index in [1.807, 2.05) is 26.8 Å². The molecule has 0 fully saturated rings. The Morgan fingerprint density at radius 1 is 1.62 bits per heavy atom. The summed E-state index contributed by atoms with van der Waals surface area (Å²) in [5.41, 5.74) is 1.90. The molecule has 0 saturated heterocycles. The van der Waals surface area contributed by atoms with E-state index in [4.69, 9.17) is 5.11 Å². The zero-order valence-electron chi connectivity index (χ0n) is 10.0. The third kappa shape index (κ3) is 3.34. The van der Waals surface area contributed by atoms with Gasteiger partial charge in [-0.25, -0.2) is 0 Å². The molecule has 1 unspecified atom stereocenters. The summed E-state index contributed by atoms with van der Waals surface area (Å²) in [4.78, 5) is 11.0. The number of carbonyl (C=O) groups is 1. The zero-order valence-corrected chi connectivity index (χ0v) is 10.0. The summed E-state index contributed by atoms with van der Waals surface area (Å²) in [5, 5.41) is 16.3. The van der Waals surface area contributed by atoms with Crippen LogP contribution in [0.5, 0.6) is 0 Å². The first-order valence-corrected chi connectivity index (χ1v) is 5.51. The quantitative estimate of drug-likeness (QED) is 0.756.